The third-order valence-electron chi connectivity index (χ3n) is 8.82. The molecule has 1 aromatic carbocycles. The van der Waals surface area contributed by atoms with E-state index in [0.29, 0.717) is 0 Å². The zero-order chi connectivity index (χ0) is 22.0. The second-order valence-electron chi connectivity index (χ2n) is 11.1. The quantitative estimate of drug-likeness (QED) is 0.339. The first-order valence-electron chi connectivity index (χ1n) is 14.2. The van der Waals surface area contributed by atoms with E-state index in [1.807, 2.05) is 0 Å². The average molecular weight is 441 g/mol. The van der Waals surface area contributed by atoms with Gasteiger partial charge in [-0.2, -0.15) is 0 Å². The van der Waals surface area contributed by atoms with E-state index >= 15 is 0 Å². The predicted molar refractivity (Wildman–Crippen MR) is 134 cm³/mol. The maximum absolute atomic E-state index is 6.63. The zero-order valence-corrected chi connectivity index (χ0v) is 20.7. The van der Waals surface area contributed by atoms with Crippen LogP contribution in [0.3, 0.4) is 0 Å². The van der Waals surface area contributed by atoms with Gasteiger partial charge in [0.1, 0.15) is 5.75 Å². The summed E-state index contributed by atoms with van der Waals surface area (Å²) < 4.78 is 13.2. The van der Waals surface area contributed by atoms with E-state index in [9.17, 15) is 0 Å². The van der Waals surface area contributed by atoms with Crippen molar-refractivity contribution in [3.05, 3.63) is 29.8 Å². The molecule has 4 rings (SSSR count). The van der Waals surface area contributed by atoms with Crippen LogP contribution in [0.1, 0.15) is 115 Å². The average Bonchev–Trinajstić information content (AvgIpc) is 2.87. The van der Waals surface area contributed by atoms with Gasteiger partial charge in [-0.3, -0.25) is 0 Å². The van der Waals surface area contributed by atoms with E-state index < -0.39 is 0 Å². The minimum Gasteiger partial charge on any atom is -0.465 e. The lowest BCUT2D eigenvalue weighted by Crippen LogP contribution is -2.34. The molecule has 1 aromatic rings. The zero-order valence-electron chi connectivity index (χ0n) is 20.7. The van der Waals surface area contributed by atoms with Crippen LogP contribution in [0, 0.1) is 23.7 Å². The number of hydrogen-bond acceptors (Lipinski definition) is 2. The molecular weight excluding hydrogens is 392 g/mol. The molecule has 2 nitrogen and oxygen atoms in total. The van der Waals surface area contributed by atoms with Gasteiger partial charge in [0.05, 0.1) is 6.61 Å². The molecule has 0 amide bonds. The lowest BCUT2D eigenvalue weighted by atomic mass is 9.68. The van der Waals surface area contributed by atoms with Crippen LogP contribution in [0.4, 0.5) is 0 Å². The predicted octanol–water partition coefficient (Wildman–Crippen LogP) is 8.72. The molecular formula is C30H48O2. The molecule has 2 heteroatoms. The molecule has 1 atom stereocenters. The molecule has 180 valence electrons. The van der Waals surface area contributed by atoms with Crippen molar-refractivity contribution in [3.63, 3.8) is 0 Å². The molecule has 0 radical (unpaired) electrons. The van der Waals surface area contributed by atoms with Gasteiger partial charge in [0.25, 0.3) is 0 Å². The SMILES string of the molecule is CCc1ccc(OC(CC(C2CCCCC2)C2CCCCC2)OCC2CCCCC2)cc1. The highest BCUT2D eigenvalue weighted by molar-refractivity contribution is 5.27. The Hall–Kier alpha value is -1.02. The van der Waals surface area contributed by atoms with Gasteiger partial charge in [-0.1, -0.05) is 103 Å². The topological polar surface area (TPSA) is 18.5 Å². The van der Waals surface area contributed by atoms with Crippen molar-refractivity contribution in [2.75, 3.05) is 6.61 Å². The monoisotopic (exact) mass is 440 g/mol. The standard InChI is InChI=1S/C30H48O2/c1-2-24-18-20-28(21-19-24)32-30(31-23-25-12-6-3-7-13-25)22-29(26-14-8-4-9-15-26)27-16-10-5-11-17-27/h18-21,25-27,29-30H,2-17,22-23H2,1H3. The molecule has 0 spiro atoms. The Morgan fingerprint density at radius 1 is 0.719 bits per heavy atom. The lowest BCUT2D eigenvalue weighted by molar-refractivity contribution is -0.116. The third kappa shape index (κ3) is 7.24. The van der Waals surface area contributed by atoms with Crippen LogP contribution in [0.2, 0.25) is 0 Å². The fourth-order valence-corrected chi connectivity index (χ4v) is 6.82. The normalized spacial score (nSPS) is 22.8. The fourth-order valence-electron chi connectivity index (χ4n) is 6.82. The summed E-state index contributed by atoms with van der Waals surface area (Å²) in [6, 6.07) is 8.75. The molecule has 32 heavy (non-hydrogen) atoms. The number of rotatable bonds is 10. The maximum Gasteiger partial charge on any atom is 0.200 e. The van der Waals surface area contributed by atoms with Crippen molar-refractivity contribution < 1.29 is 9.47 Å². The Morgan fingerprint density at radius 3 is 1.78 bits per heavy atom. The fraction of sp³-hybridized carbons (Fsp3) is 0.800. The van der Waals surface area contributed by atoms with Gasteiger partial charge in [-0.15, -0.1) is 0 Å². The number of aryl methyl sites for hydroxylation is 1. The molecule has 3 fully saturated rings. The summed E-state index contributed by atoms with van der Waals surface area (Å²) >= 11 is 0. The largest absolute Gasteiger partial charge is 0.465 e. The molecule has 0 bridgehead atoms. The van der Waals surface area contributed by atoms with Gasteiger partial charge >= 0.3 is 0 Å². The van der Waals surface area contributed by atoms with Crippen LogP contribution in [0.5, 0.6) is 5.75 Å². The summed E-state index contributed by atoms with van der Waals surface area (Å²) in [5.74, 6) is 4.28. The van der Waals surface area contributed by atoms with Crippen LogP contribution in [0.15, 0.2) is 24.3 Å². The Labute approximate surface area is 197 Å². The molecule has 3 saturated carbocycles. The first-order valence-corrected chi connectivity index (χ1v) is 14.2. The lowest BCUT2D eigenvalue weighted by Gasteiger charge is -2.39. The highest BCUT2D eigenvalue weighted by atomic mass is 16.7. The summed E-state index contributed by atoms with van der Waals surface area (Å²) in [7, 11) is 0. The van der Waals surface area contributed by atoms with Crippen molar-refractivity contribution in [1.29, 1.82) is 0 Å². The minimum absolute atomic E-state index is 0.0849. The second-order valence-corrected chi connectivity index (χ2v) is 11.1. The first kappa shape index (κ1) is 24.1. The van der Waals surface area contributed by atoms with E-state index in [0.717, 1.165) is 48.9 Å². The molecule has 3 aliphatic carbocycles. The van der Waals surface area contributed by atoms with Gasteiger partial charge in [0.15, 0.2) is 6.29 Å². The molecule has 0 heterocycles. The number of benzene rings is 1. The summed E-state index contributed by atoms with van der Waals surface area (Å²) in [5.41, 5.74) is 1.37. The Kier molecular flexibility index (Phi) is 9.81. The van der Waals surface area contributed by atoms with Crippen molar-refractivity contribution in [1.82, 2.24) is 0 Å². The van der Waals surface area contributed by atoms with E-state index in [4.69, 9.17) is 9.47 Å². The smallest absolute Gasteiger partial charge is 0.200 e. The Balaban J connectivity index is 1.45. The van der Waals surface area contributed by atoms with E-state index in [1.165, 1.54) is 102 Å². The molecule has 0 N–H and O–H groups in total. The second kappa shape index (κ2) is 13.0. The van der Waals surface area contributed by atoms with Crippen LogP contribution in [0.25, 0.3) is 0 Å². The van der Waals surface area contributed by atoms with E-state index in [1.54, 1.807) is 0 Å². The van der Waals surface area contributed by atoms with Crippen LogP contribution in [-0.2, 0) is 11.2 Å². The third-order valence-corrected chi connectivity index (χ3v) is 8.82. The van der Waals surface area contributed by atoms with Crippen molar-refractivity contribution in [2.24, 2.45) is 23.7 Å². The highest BCUT2D eigenvalue weighted by Gasteiger charge is 2.34. The van der Waals surface area contributed by atoms with Crippen LogP contribution in [-0.4, -0.2) is 12.9 Å². The van der Waals surface area contributed by atoms with Crippen molar-refractivity contribution >= 4 is 0 Å². The Morgan fingerprint density at radius 2 is 1.25 bits per heavy atom. The van der Waals surface area contributed by atoms with E-state index in [-0.39, 0.29) is 6.29 Å². The van der Waals surface area contributed by atoms with Gasteiger partial charge < -0.3 is 9.47 Å². The van der Waals surface area contributed by atoms with Crippen molar-refractivity contribution in [2.45, 2.75) is 122 Å². The summed E-state index contributed by atoms with van der Waals surface area (Å²) in [5, 5.41) is 0. The van der Waals surface area contributed by atoms with Crippen molar-refractivity contribution in [3.8, 4) is 5.75 Å². The summed E-state index contributed by atoms with van der Waals surface area (Å²) in [4.78, 5) is 0. The maximum atomic E-state index is 6.63. The van der Waals surface area contributed by atoms with Crippen LogP contribution < -0.4 is 4.74 Å². The van der Waals surface area contributed by atoms with Crippen LogP contribution >= 0.6 is 0 Å². The highest BCUT2D eigenvalue weighted by Crippen LogP contribution is 2.43. The molecule has 0 aliphatic heterocycles. The van der Waals surface area contributed by atoms with E-state index in [2.05, 4.69) is 31.2 Å². The van der Waals surface area contributed by atoms with Gasteiger partial charge in [-0.25, -0.2) is 0 Å². The first-order chi connectivity index (χ1) is 15.8. The van der Waals surface area contributed by atoms with Gasteiger partial charge in [0, 0.05) is 6.42 Å². The molecule has 0 aromatic heterocycles. The molecule has 1 unspecified atom stereocenters. The minimum atomic E-state index is -0.0849. The Bertz CT molecular complexity index is 603. The molecule has 3 aliphatic rings. The summed E-state index contributed by atoms with van der Waals surface area (Å²) in [6.07, 6.45) is 23.3. The van der Waals surface area contributed by atoms with Gasteiger partial charge in [-0.05, 0) is 60.6 Å². The van der Waals surface area contributed by atoms with Gasteiger partial charge in [0.2, 0.25) is 0 Å². The molecule has 0 saturated heterocycles. The number of hydrogen-bond donors (Lipinski definition) is 0. The summed E-state index contributed by atoms with van der Waals surface area (Å²) in [6.45, 7) is 3.10. The number of ether oxygens (including phenoxy) is 2.